The summed E-state index contributed by atoms with van der Waals surface area (Å²) in [5.41, 5.74) is 2.76. The summed E-state index contributed by atoms with van der Waals surface area (Å²) in [7, 11) is 1.82. The van der Waals surface area contributed by atoms with E-state index in [1.165, 1.54) is 10.7 Å². The van der Waals surface area contributed by atoms with Crippen molar-refractivity contribution in [2.45, 2.75) is 19.8 Å². The minimum Gasteiger partial charge on any atom is -0.326 e. The maximum Gasteiger partial charge on any atom is 0.278 e. The largest absolute Gasteiger partial charge is 0.326 e. The third-order valence-corrected chi connectivity index (χ3v) is 3.53. The summed E-state index contributed by atoms with van der Waals surface area (Å²) in [5, 5.41) is 20.1. The molecule has 3 aromatic rings. The molecular formula is C14H14N6O. The zero-order chi connectivity index (χ0) is 15.1. The van der Waals surface area contributed by atoms with Gasteiger partial charge in [0, 0.05) is 18.8 Å². The van der Waals surface area contributed by atoms with Crippen molar-refractivity contribution < 1.29 is 0 Å². The van der Waals surface area contributed by atoms with Gasteiger partial charge in [-0.05, 0) is 12.0 Å². The van der Waals surface area contributed by atoms with E-state index in [-0.39, 0.29) is 11.5 Å². The molecule has 0 atom stereocenters. The first kappa shape index (κ1) is 13.1. The molecule has 0 fully saturated rings. The molecule has 21 heavy (non-hydrogen) atoms. The molecule has 0 aliphatic rings. The lowest BCUT2D eigenvalue weighted by Crippen LogP contribution is -2.25. The van der Waals surface area contributed by atoms with Crippen molar-refractivity contribution in [3.05, 3.63) is 39.9 Å². The Labute approximate surface area is 120 Å². The van der Waals surface area contributed by atoms with Crippen molar-refractivity contribution in [3.8, 4) is 17.5 Å². The number of hydrogen-bond donors (Lipinski definition) is 1. The quantitative estimate of drug-likeness (QED) is 0.769. The standard InChI is InChI=1S/C14H14N6O/c1-8(2)11-12(10-4-5-16-18-10)19(3)13-9(6-15)7-17-20(13)14(11)21/h4-5,7-8H,1-3H3,(H,16,18). The maximum absolute atomic E-state index is 12.7. The average Bonchev–Trinajstić information content (AvgIpc) is 3.10. The van der Waals surface area contributed by atoms with E-state index in [9.17, 15) is 10.1 Å². The molecule has 0 aromatic carbocycles. The Bertz CT molecular complexity index is 908. The van der Waals surface area contributed by atoms with Gasteiger partial charge in [0.05, 0.1) is 17.6 Å². The molecule has 0 radical (unpaired) electrons. The first-order valence-electron chi connectivity index (χ1n) is 6.56. The fraction of sp³-hybridized carbons (Fsp3) is 0.286. The minimum absolute atomic E-state index is 0.0149. The Balaban J connectivity index is 2.56. The SMILES string of the molecule is CC(C)c1c(-c2ccn[nH]2)n(C)c2c(C#N)cnn2c1=O. The predicted octanol–water partition coefficient (Wildman–Crippen LogP) is 1.42. The van der Waals surface area contributed by atoms with Crippen LogP contribution in [0.25, 0.3) is 17.0 Å². The van der Waals surface area contributed by atoms with Gasteiger partial charge in [-0.25, -0.2) is 0 Å². The van der Waals surface area contributed by atoms with Crippen LogP contribution in [0.4, 0.5) is 0 Å². The van der Waals surface area contributed by atoms with E-state index in [2.05, 4.69) is 21.4 Å². The summed E-state index contributed by atoms with van der Waals surface area (Å²) in [6.45, 7) is 3.91. The van der Waals surface area contributed by atoms with Gasteiger partial charge in [-0.3, -0.25) is 9.89 Å². The summed E-state index contributed by atoms with van der Waals surface area (Å²) in [6.07, 6.45) is 3.05. The second-order valence-corrected chi connectivity index (χ2v) is 5.16. The van der Waals surface area contributed by atoms with Gasteiger partial charge in [0.25, 0.3) is 5.56 Å². The van der Waals surface area contributed by atoms with E-state index in [1.54, 1.807) is 12.3 Å². The van der Waals surface area contributed by atoms with Gasteiger partial charge >= 0.3 is 0 Å². The Kier molecular flexibility index (Phi) is 2.87. The lowest BCUT2D eigenvalue weighted by molar-refractivity contribution is 0.755. The van der Waals surface area contributed by atoms with Gasteiger partial charge in [-0.1, -0.05) is 13.8 Å². The highest BCUT2D eigenvalue weighted by Gasteiger charge is 2.22. The highest BCUT2D eigenvalue weighted by Crippen LogP contribution is 2.26. The third kappa shape index (κ3) is 1.76. The molecule has 0 saturated carbocycles. The van der Waals surface area contributed by atoms with Gasteiger partial charge in [0.2, 0.25) is 0 Å². The molecule has 0 aliphatic heterocycles. The topological polar surface area (TPSA) is 91.8 Å². The fourth-order valence-corrected chi connectivity index (χ4v) is 2.63. The number of H-pyrrole nitrogens is 1. The van der Waals surface area contributed by atoms with Crippen molar-refractivity contribution in [3.63, 3.8) is 0 Å². The van der Waals surface area contributed by atoms with E-state index in [0.29, 0.717) is 16.8 Å². The smallest absolute Gasteiger partial charge is 0.278 e. The zero-order valence-corrected chi connectivity index (χ0v) is 12.0. The Morgan fingerprint density at radius 1 is 1.43 bits per heavy atom. The number of rotatable bonds is 2. The van der Waals surface area contributed by atoms with Gasteiger partial charge in [-0.2, -0.15) is 20.0 Å². The van der Waals surface area contributed by atoms with Crippen molar-refractivity contribution >= 4 is 5.65 Å². The van der Waals surface area contributed by atoms with E-state index < -0.39 is 0 Å². The summed E-state index contributed by atoms with van der Waals surface area (Å²) in [5.74, 6) is 0.0149. The Hall–Kier alpha value is -2.88. The predicted molar refractivity (Wildman–Crippen MR) is 76.8 cm³/mol. The zero-order valence-electron chi connectivity index (χ0n) is 12.0. The molecule has 0 bridgehead atoms. The summed E-state index contributed by atoms with van der Waals surface area (Å²) >= 11 is 0. The van der Waals surface area contributed by atoms with Crippen LogP contribution < -0.4 is 5.56 Å². The van der Waals surface area contributed by atoms with Gasteiger partial charge < -0.3 is 4.57 Å². The van der Waals surface area contributed by atoms with Gasteiger partial charge in [0.1, 0.15) is 11.6 Å². The van der Waals surface area contributed by atoms with Gasteiger partial charge in [0.15, 0.2) is 5.65 Å². The first-order chi connectivity index (χ1) is 10.1. The number of nitrogens with one attached hydrogen (secondary N) is 1. The second-order valence-electron chi connectivity index (χ2n) is 5.16. The molecule has 3 aromatic heterocycles. The van der Waals surface area contributed by atoms with Crippen LogP contribution in [0.15, 0.2) is 23.3 Å². The maximum atomic E-state index is 12.7. The van der Waals surface area contributed by atoms with E-state index >= 15 is 0 Å². The lowest BCUT2D eigenvalue weighted by Gasteiger charge is -2.16. The number of nitriles is 1. The highest BCUT2D eigenvalue weighted by molar-refractivity contribution is 5.66. The van der Waals surface area contributed by atoms with Crippen LogP contribution in [0.1, 0.15) is 30.9 Å². The number of aromatic nitrogens is 5. The van der Waals surface area contributed by atoms with E-state index in [0.717, 1.165) is 11.4 Å². The molecule has 0 amide bonds. The molecular weight excluding hydrogens is 268 g/mol. The molecule has 3 rings (SSSR count). The monoisotopic (exact) mass is 282 g/mol. The normalized spacial score (nSPS) is 11.2. The van der Waals surface area contributed by atoms with Crippen molar-refractivity contribution in [2.75, 3.05) is 0 Å². The van der Waals surface area contributed by atoms with Crippen LogP contribution >= 0.6 is 0 Å². The van der Waals surface area contributed by atoms with Crippen molar-refractivity contribution in [1.82, 2.24) is 24.4 Å². The molecule has 0 spiro atoms. The lowest BCUT2D eigenvalue weighted by atomic mass is 10.0. The minimum atomic E-state index is -0.204. The molecule has 0 aliphatic carbocycles. The third-order valence-electron chi connectivity index (χ3n) is 3.53. The van der Waals surface area contributed by atoms with Crippen molar-refractivity contribution in [2.24, 2.45) is 7.05 Å². The second kappa shape index (κ2) is 4.59. The van der Waals surface area contributed by atoms with Gasteiger partial charge in [-0.15, -0.1) is 0 Å². The van der Waals surface area contributed by atoms with Crippen LogP contribution in [-0.4, -0.2) is 24.4 Å². The number of aromatic amines is 1. The van der Waals surface area contributed by atoms with E-state index in [4.69, 9.17) is 0 Å². The van der Waals surface area contributed by atoms with Crippen LogP contribution in [0.3, 0.4) is 0 Å². The summed E-state index contributed by atoms with van der Waals surface area (Å²) < 4.78 is 3.10. The summed E-state index contributed by atoms with van der Waals surface area (Å²) in [4.78, 5) is 12.7. The molecule has 106 valence electrons. The van der Waals surface area contributed by atoms with Crippen LogP contribution in [-0.2, 0) is 7.05 Å². The molecule has 7 heteroatoms. The van der Waals surface area contributed by atoms with Crippen LogP contribution in [0.2, 0.25) is 0 Å². The fourth-order valence-electron chi connectivity index (χ4n) is 2.63. The Morgan fingerprint density at radius 3 is 2.76 bits per heavy atom. The number of aryl methyl sites for hydroxylation is 1. The molecule has 7 nitrogen and oxygen atoms in total. The first-order valence-corrected chi connectivity index (χ1v) is 6.56. The van der Waals surface area contributed by atoms with Crippen LogP contribution in [0.5, 0.6) is 0 Å². The summed E-state index contributed by atoms with van der Waals surface area (Å²) in [6, 6.07) is 3.88. The van der Waals surface area contributed by atoms with Crippen LogP contribution in [0, 0.1) is 11.3 Å². The molecule has 1 N–H and O–H groups in total. The number of hydrogen-bond acceptors (Lipinski definition) is 4. The van der Waals surface area contributed by atoms with E-state index in [1.807, 2.05) is 25.5 Å². The molecule has 0 unspecified atom stereocenters. The number of nitrogens with zero attached hydrogens (tertiary/aromatic N) is 5. The molecule has 3 heterocycles. The molecule has 0 saturated heterocycles. The van der Waals surface area contributed by atoms with Crippen molar-refractivity contribution in [1.29, 1.82) is 5.26 Å². The Morgan fingerprint density at radius 2 is 2.19 bits per heavy atom. The highest BCUT2D eigenvalue weighted by atomic mass is 16.1. The number of fused-ring (bicyclic) bond motifs is 1. The average molecular weight is 282 g/mol.